The first kappa shape index (κ1) is 13.5. The number of fused-ring (bicyclic) bond motifs is 1. The summed E-state index contributed by atoms with van der Waals surface area (Å²) in [7, 11) is 0. The maximum absolute atomic E-state index is 12.1. The number of nitrogens with zero attached hydrogens (tertiary/aromatic N) is 1. The molecule has 108 valence electrons. The molecule has 21 heavy (non-hydrogen) atoms. The van der Waals surface area contributed by atoms with Gasteiger partial charge in [0.25, 0.3) is 5.91 Å². The highest BCUT2D eigenvalue weighted by molar-refractivity contribution is 6.32. The fourth-order valence-electron chi connectivity index (χ4n) is 2.07. The molecule has 0 bridgehead atoms. The predicted molar refractivity (Wildman–Crippen MR) is 76.0 cm³/mol. The van der Waals surface area contributed by atoms with E-state index in [1.807, 2.05) is 0 Å². The molecule has 1 saturated heterocycles. The van der Waals surface area contributed by atoms with Gasteiger partial charge < -0.3 is 14.8 Å². The second-order valence-corrected chi connectivity index (χ2v) is 4.83. The Morgan fingerprint density at radius 2 is 2.05 bits per heavy atom. The SMILES string of the molecule is C=CCN1C(=O)N/C(=C/c2cc3c(cc2Cl)OCO3)C1=O. The second-order valence-electron chi connectivity index (χ2n) is 4.42. The summed E-state index contributed by atoms with van der Waals surface area (Å²) in [6.45, 7) is 3.79. The van der Waals surface area contributed by atoms with Gasteiger partial charge in [-0.25, -0.2) is 4.79 Å². The van der Waals surface area contributed by atoms with Gasteiger partial charge in [0.2, 0.25) is 6.79 Å². The summed E-state index contributed by atoms with van der Waals surface area (Å²) in [6, 6.07) is 2.79. The first-order valence-corrected chi connectivity index (χ1v) is 6.52. The van der Waals surface area contributed by atoms with Crippen molar-refractivity contribution >= 4 is 29.6 Å². The Labute approximate surface area is 125 Å². The van der Waals surface area contributed by atoms with Crippen molar-refractivity contribution in [2.75, 3.05) is 13.3 Å². The van der Waals surface area contributed by atoms with Crippen molar-refractivity contribution < 1.29 is 19.1 Å². The first-order valence-electron chi connectivity index (χ1n) is 6.14. The molecular weight excluding hydrogens is 296 g/mol. The van der Waals surface area contributed by atoms with Crippen LogP contribution in [0.4, 0.5) is 4.79 Å². The van der Waals surface area contributed by atoms with E-state index in [-0.39, 0.29) is 19.0 Å². The van der Waals surface area contributed by atoms with Crippen molar-refractivity contribution in [3.05, 3.63) is 41.1 Å². The summed E-state index contributed by atoms with van der Waals surface area (Å²) in [5.74, 6) is 0.678. The van der Waals surface area contributed by atoms with E-state index in [1.165, 1.54) is 12.2 Å². The average Bonchev–Trinajstić information content (AvgIpc) is 2.99. The van der Waals surface area contributed by atoms with Crippen molar-refractivity contribution in [1.82, 2.24) is 10.2 Å². The fourth-order valence-corrected chi connectivity index (χ4v) is 2.27. The maximum atomic E-state index is 12.1. The molecule has 0 saturated carbocycles. The third-order valence-corrected chi connectivity index (χ3v) is 3.39. The smallest absolute Gasteiger partial charge is 0.329 e. The normalized spacial score (nSPS) is 18.3. The van der Waals surface area contributed by atoms with Gasteiger partial charge >= 0.3 is 6.03 Å². The van der Waals surface area contributed by atoms with E-state index in [2.05, 4.69) is 11.9 Å². The molecule has 0 unspecified atom stereocenters. The third-order valence-electron chi connectivity index (χ3n) is 3.07. The molecule has 1 aromatic rings. The molecule has 6 nitrogen and oxygen atoms in total. The summed E-state index contributed by atoms with van der Waals surface area (Å²) in [5, 5.41) is 2.90. The zero-order valence-corrected chi connectivity index (χ0v) is 11.6. The van der Waals surface area contributed by atoms with E-state index >= 15 is 0 Å². The van der Waals surface area contributed by atoms with Gasteiger partial charge in [-0.3, -0.25) is 9.69 Å². The largest absolute Gasteiger partial charge is 0.454 e. The lowest BCUT2D eigenvalue weighted by Crippen LogP contribution is -2.30. The van der Waals surface area contributed by atoms with Crippen LogP contribution in [0, 0.1) is 0 Å². The highest BCUT2D eigenvalue weighted by atomic mass is 35.5. The molecule has 0 atom stereocenters. The summed E-state index contributed by atoms with van der Waals surface area (Å²) in [5.41, 5.74) is 0.715. The van der Waals surface area contributed by atoms with Crippen molar-refractivity contribution in [1.29, 1.82) is 0 Å². The molecule has 2 aliphatic rings. The number of amides is 3. The number of nitrogens with one attached hydrogen (secondary N) is 1. The van der Waals surface area contributed by atoms with Crippen molar-refractivity contribution in [3.8, 4) is 11.5 Å². The topological polar surface area (TPSA) is 67.9 Å². The van der Waals surface area contributed by atoms with Crippen LogP contribution in [0.3, 0.4) is 0 Å². The monoisotopic (exact) mass is 306 g/mol. The Hall–Kier alpha value is -2.47. The minimum atomic E-state index is -0.483. The standard InChI is InChI=1S/C14H11ClN2O4/c1-2-3-17-13(18)10(16-14(17)19)4-8-5-11-12(6-9(8)15)21-7-20-11/h2,4-6H,1,3,7H2,(H,16,19)/b10-4+. The Balaban J connectivity index is 1.94. The Kier molecular flexibility index (Phi) is 3.31. The van der Waals surface area contributed by atoms with E-state index in [4.69, 9.17) is 21.1 Å². The lowest BCUT2D eigenvalue weighted by Gasteiger charge is -2.07. The highest BCUT2D eigenvalue weighted by Gasteiger charge is 2.32. The van der Waals surface area contributed by atoms with E-state index in [1.54, 1.807) is 12.1 Å². The van der Waals surface area contributed by atoms with Gasteiger partial charge in [-0.1, -0.05) is 17.7 Å². The highest BCUT2D eigenvalue weighted by Crippen LogP contribution is 2.37. The van der Waals surface area contributed by atoms with Gasteiger partial charge in [-0.05, 0) is 17.7 Å². The zero-order chi connectivity index (χ0) is 15.0. The van der Waals surface area contributed by atoms with Crippen LogP contribution >= 0.6 is 11.6 Å². The van der Waals surface area contributed by atoms with Crippen LogP contribution in [-0.4, -0.2) is 30.2 Å². The van der Waals surface area contributed by atoms with Gasteiger partial charge in [0.15, 0.2) is 11.5 Å². The quantitative estimate of drug-likeness (QED) is 0.528. The van der Waals surface area contributed by atoms with Crippen molar-refractivity contribution in [2.24, 2.45) is 0 Å². The van der Waals surface area contributed by atoms with Crippen LogP contribution < -0.4 is 14.8 Å². The van der Waals surface area contributed by atoms with Gasteiger partial charge in [0, 0.05) is 12.6 Å². The van der Waals surface area contributed by atoms with Crippen LogP contribution in [0.5, 0.6) is 11.5 Å². The number of halogens is 1. The summed E-state index contributed by atoms with van der Waals surface area (Å²) < 4.78 is 10.5. The summed E-state index contributed by atoms with van der Waals surface area (Å²) in [4.78, 5) is 24.8. The molecule has 3 rings (SSSR count). The van der Waals surface area contributed by atoms with Crippen LogP contribution in [0.2, 0.25) is 5.02 Å². The Bertz CT molecular complexity index is 684. The van der Waals surface area contributed by atoms with Gasteiger partial charge in [-0.15, -0.1) is 6.58 Å². The fraction of sp³-hybridized carbons (Fsp3) is 0.143. The molecule has 1 N–H and O–H groups in total. The number of carbonyl (C=O) groups is 2. The van der Waals surface area contributed by atoms with Crippen molar-refractivity contribution in [2.45, 2.75) is 0 Å². The molecule has 0 radical (unpaired) electrons. The third kappa shape index (κ3) is 2.34. The van der Waals surface area contributed by atoms with E-state index in [0.29, 0.717) is 22.1 Å². The van der Waals surface area contributed by atoms with Crippen LogP contribution in [-0.2, 0) is 4.79 Å². The number of hydrogen-bond acceptors (Lipinski definition) is 4. The molecule has 0 aliphatic carbocycles. The molecule has 0 spiro atoms. The molecule has 7 heteroatoms. The molecule has 1 fully saturated rings. The summed E-state index contributed by atoms with van der Waals surface area (Å²) in [6.07, 6.45) is 2.99. The molecule has 3 amide bonds. The lowest BCUT2D eigenvalue weighted by atomic mass is 10.1. The Morgan fingerprint density at radius 3 is 2.76 bits per heavy atom. The zero-order valence-electron chi connectivity index (χ0n) is 10.9. The molecule has 1 aromatic carbocycles. The number of benzene rings is 1. The average molecular weight is 307 g/mol. The number of hydrogen-bond donors (Lipinski definition) is 1. The number of imide groups is 1. The minimum absolute atomic E-state index is 0.133. The minimum Gasteiger partial charge on any atom is -0.454 e. The summed E-state index contributed by atoms with van der Waals surface area (Å²) >= 11 is 6.13. The number of ether oxygens (including phenoxy) is 2. The van der Waals surface area contributed by atoms with Crippen LogP contribution in [0.15, 0.2) is 30.5 Å². The van der Waals surface area contributed by atoms with Gasteiger partial charge in [-0.2, -0.15) is 0 Å². The predicted octanol–water partition coefficient (Wildman–Crippen LogP) is 2.15. The van der Waals surface area contributed by atoms with Crippen LogP contribution in [0.1, 0.15) is 5.56 Å². The van der Waals surface area contributed by atoms with E-state index in [9.17, 15) is 9.59 Å². The van der Waals surface area contributed by atoms with Gasteiger partial charge in [0.05, 0.1) is 5.02 Å². The van der Waals surface area contributed by atoms with Crippen LogP contribution in [0.25, 0.3) is 6.08 Å². The molecular formula is C14H11ClN2O4. The molecule has 2 aliphatic heterocycles. The van der Waals surface area contributed by atoms with Gasteiger partial charge in [0.1, 0.15) is 5.70 Å². The van der Waals surface area contributed by atoms with E-state index < -0.39 is 11.9 Å². The maximum Gasteiger partial charge on any atom is 0.329 e. The van der Waals surface area contributed by atoms with E-state index in [0.717, 1.165) is 4.90 Å². The first-order chi connectivity index (χ1) is 10.1. The lowest BCUT2D eigenvalue weighted by molar-refractivity contribution is -0.122. The number of urea groups is 1. The van der Waals surface area contributed by atoms with Crippen molar-refractivity contribution in [3.63, 3.8) is 0 Å². The number of carbonyl (C=O) groups excluding carboxylic acids is 2. The Morgan fingerprint density at radius 1 is 1.33 bits per heavy atom. The second kappa shape index (κ2) is 5.14. The molecule has 0 aromatic heterocycles. The number of rotatable bonds is 3. The molecule has 2 heterocycles.